The molecule has 2 heterocycles. The lowest BCUT2D eigenvalue weighted by Crippen LogP contribution is -2.34. The van der Waals surface area contributed by atoms with Gasteiger partial charge in [0.15, 0.2) is 5.78 Å². The van der Waals surface area contributed by atoms with Gasteiger partial charge in [0.25, 0.3) is 0 Å². The number of hydrogen-bond acceptors (Lipinski definition) is 3. The first-order valence-corrected chi connectivity index (χ1v) is 9.94. The summed E-state index contributed by atoms with van der Waals surface area (Å²) >= 11 is 0. The van der Waals surface area contributed by atoms with E-state index < -0.39 is 6.04 Å². The van der Waals surface area contributed by atoms with Gasteiger partial charge in [-0.2, -0.15) is 0 Å². The highest BCUT2D eigenvalue weighted by molar-refractivity contribution is 6.10. The molecule has 1 aliphatic heterocycles. The van der Waals surface area contributed by atoms with Crippen molar-refractivity contribution in [3.05, 3.63) is 102 Å². The molecule has 1 aromatic heterocycles. The summed E-state index contributed by atoms with van der Waals surface area (Å²) in [7, 11) is 0. The minimum absolute atomic E-state index is 0.0549. The van der Waals surface area contributed by atoms with Crippen LogP contribution >= 0.6 is 0 Å². The van der Waals surface area contributed by atoms with E-state index in [4.69, 9.17) is 4.74 Å². The number of aromatic amines is 1. The van der Waals surface area contributed by atoms with Gasteiger partial charge in [0.2, 0.25) is 0 Å². The SMILES string of the molecule is O=C(c1c[nH]c2ccccc12)[C@H](N[C@H]1CCOc2ccccc21)c1ccccc1. The van der Waals surface area contributed by atoms with E-state index in [2.05, 4.69) is 16.4 Å². The highest BCUT2D eigenvalue weighted by atomic mass is 16.5. The Balaban J connectivity index is 1.54. The largest absolute Gasteiger partial charge is 0.493 e. The van der Waals surface area contributed by atoms with Crippen molar-refractivity contribution in [2.24, 2.45) is 0 Å². The molecule has 4 nitrogen and oxygen atoms in total. The van der Waals surface area contributed by atoms with Gasteiger partial charge < -0.3 is 9.72 Å². The molecular weight excluding hydrogens is 360 g/mol. The fourth-order valence-electron chi connectivity index (χ4n) is 4.12. The third kappa shape index (κ3) is 3.32. The second-order valence-electron chi connectivity index (χ2n) is 7.35. The molecule has 29 heavy (non-hydrogen) atoms. The van der Waals surface area contributed by atoms with Gasteiger partial charge in [0.05, 0.1) is 12.6 Å². The summed E-state index contributed by atoms with van der Waals surface area (Å²) in [6.07, 6.45) is 2.64. The second-order valence-corrected chi connectivity index (χ2v) is 7.35. The number of benzene rings is 3. The third-order valence-electron chi connectivity index (χ3n) is 5.58. The smallest absolute Gasteiger partial charge is 0.186 e. The first-order chi connectivity index (χ1) is 14.3. The van der Waals surface area contributed by atoms with Crippen molar-refractivity contribution in [2.75, 3.05) is 6.61 Å². The number of aromatic nitrogens is 1. The zero-order valence-electron chi connectivity index (χ0n) is 16.0. The van der Waals surface area contributed by atoms with Crippen LogP contribution in [0.2, 0.25) is 0 Å². The van der Waals surface area contributed by atoms with Gasteiger partial charge in [0.1, 0.15) is 5.75 Å². The Hall–Kier alpha value is -3.37. The van der Waals surface area contributed by atoms with Gasteiger partial charge in [-0.1, -0.05) is 66.7 Å². The van der Waals surface area contributed by atoms with Crippen LogP contribution in [-0.2, 0) is 0 Å². The average Bonchev–Trinajstić information content (AvgIpc) is 3.22. The van der Waals surface area contributed by atoms with Crippen molar-refractivity contribution in [1.82, 2.24) is 10.3 Å². The summed E-state index contributed by atoms with van der Waals surface area (Å²) < 4.78 is 5.80. The quantitative estimate of drug-likeness (QED) is 0.466. The van der Waals surface area contributed by atoms with E-state index in [9.17, 15) is 4.79 Å². The molecule has 144 valence electrons. The lowest BCUT2D eigenvalue weighted by Gasteiger charge is -2.30. The Morgan fingerprint density at radius 3 is 2.62 bits per heavy atom. The minimum atomic E-state index is -0.438. The number of nitrogens with one attached hydrogen (secondary N) is 2. The molecule has 0 amide bonds. The summed E-state index contributed by atoms with van der Waals surface area (Å²) in [6.45, 7) is 0.636. The van der Waals surface area contributed by atoms with Crippen LogP contribution in [0.5, 0.6) is 5.75 Å². The molecule has 3 aromatic carbocycles. The predicted molar refractivity (Wildman–Crippen MR) is 114 cm³/mol. The number of para-hydroxylation sites is 2. The van der Waals surface area contributed by atoms with Crippen molar-refractivity contribution in [2.45, 2.75) is 18.5 Å². The molecule has 0 spiro atoms. The summed E-state index contributed by atoms with van der Waals surface area (Å²) in [5, 5.41) is 4.59. The Bertz CT molecular complexity index is 1150. The fraction of sp³-hybridized carbons (Fsp3) is 0.160. The summed E-state index contributed by atoms with van der Waals surface area (Å²) in [5.41, 5.74) is 3.75. The van der Waals surface area contributed by atoms with Crippen molar-refractivity contribution in [3.8, 4) is 5.75 Å². The van der Waals surface area contributed by atoms with Crippen LogP contribution < -0.4 is 10.1 Å². The number of H-pyrrole nitrogens is 1. The topological polar surface area (TPSA) is 54.1 Å². The minimum Gasteiger partial charge on any atom is -0.493 e. The molecule has 0 aliphatic carbocycles. The molecule has 0 fully saturated rings. The van der Waals surface area contributed by atoms with Crippen LogP contribution in [0.25, 0.3) is 10.9 Å². The lowest BCUT2D eigenvalue weighted by molar-refractivity contribution is 0.0931. The first kappa shape index (κ1) is 17.7. The average molecular weight is 382 g/mol. The summed E-state index contributed by atoms with van der Waals surface area (Å²) in [6, 6.07) is 25.5. The van der Waals surface area contributed by atoms with Crippen molar-refractivity contribution < 1.29 is 9.53 Å². The molecule has 1 aliphatic rings. The maximum Gasteiger partial charge on any atom is 0.186 e. The molecule has 0 radical (unpaired) electrons. The van der Waals surface area contributed by atoms with Crippen LogP contribution in [0, 0.1) is 0 Å². The van der Waals surface area contributed by atoms with E-state index in [1.807, 2.05) is 79.0 Å². The molecule has 5 rings (SSSR count). The Morgan fingerprint density at radius 1 is 0.966 bits per heavy atom. The van der Waals surface area contributed by atoms with E-state index in [1.165, 1.54) is 0 Å². The molecule has 0 saturated carbocycles. The summed E-state index contributed by atoms with van der Waals surface area (Å²) in [4.78, 5) is 16.9. The highest BCUT2D eigenvalue weighted by Crippen LogP contribution is 2.34. The first-order valence-electron chi connectivity index (χ1n) is 9.94. The van der Waals surface area contributed by atoms with Gasteiger partial charge in [0, 0.05) is 40.7 Å². The monoisotopic (exact) mass is 382 g/mol. The molecule has 0 saturated heterocycles. The molecular formula is C25H22N2O2. The fourth-order valence-corrected chi connectivity index (χ4v) is 4.12. The normalized spacial score (nSPS) is 16.8. The van der Waals surface area contributed by atoms with Crippen molar-refractivity contribution >= 4 is 16.7 Å². The van der Waals surface area contributed by atoms with E-state index in [0.29, 0.717) is 12.2 Å². The van der Waals surface area contributed by atoms with Crippen LogP contribution in [0.4, 0.5) is 0 Å². The maximum absolute atomic E-state index is 13.7. The van der Waals surface area contributed by atoms with Crippen LogP contribution in [0.15, 0.2) is 85.1 Å². The number of fused-ring (bicyclic) bond motifs is 2. The molecule has 4 aromatic rings. The van der Waals surface area contributed by atoms with Gasteiger partial charge in [-0.3, -0.25) is 10.1 Å². The van der Waals surface area contributed by atoms with Gasteiger partial charge in [-0.25, -0.2) is 0 Å². The van der Waals surface area contributed by atoms with E-state index in [1.54, 1.807) is 0 Å². The number of ketones is 1. The number of carbonyl (C=O) groups is 1. The summed E-state index contributed by atoms with van der Waals surface area (Å²) in [5.74, 6) is 0.959. The predicted octanol–water partition coefficient (Wildman–Crippen LogP) is 5.21. The molecule has 0 bridgehead atoms. The number of carbonyl (C=O) groups excluding carboxylic acids is 1. The molecule has 4 heteroatoms. The number of rotatable bonds is 5. The van der Waals surface area contributed by atoms with E-state index in [-0.39, 0.29) is 11.8 Å². The van der Waals surface area contributed by atoms with E-state index >= 15 is 0 Å². The zero-order valence-corrected chi connectivity index (χ0v) is 16.0. The van der Waals surface area contributed by atoms with Crippen LogP contribution in [0.1, 0.15) is 40.0 Å². The van der Waals surface area contributed by atoms with Gasteiger partial charge >= 0.3 is 0 Å². The lowest BCUT2D eigenvalue weighted by atomic mass is 9.93. The second kappa shape index (κ2) is 7.57. The highest BCUT2D eigenvalue weighted by Gasteiger charge is 2.29. The maximum atomic E-state index is 13.7. The Labute approximate surface area is 169 Å². The Kier molecular flexibility index (Phi) is 4.62. The third-order valence-corrected chi connectivity index (χ3v) is 5.58. The van der Waals surface area contributed by atoms with Crippen molar-refractivity contribution in [1.29, 1.82) is 0 Å². The van der Waals surface area contributed by atoms with E-state index in [0.717, 1.165) is 34.2 Å². The van der Waals surface area contributed by atoms with Gasteiger partial charge in [-0.15, -0.1) is 0 Å². The molecule has 2 atom stereocenters. The number of ether oxygens (including phenoxy) is 1. The standard InChI is InChI=1S/C25H22N2O2/c28-25(20-16-26-21-12-6-4-10-18(20)21)24(17-8-2-1-3-9-17)27-22-14-15-29-23-13-7-5-11-19(22)23/h1-13,16,22,24,26-27H,14-15H2/t22-,24+/m0/s1. The van der Waals surface area contributed by atoms with Crippen molar-refractivity contribution in [3.63, 3.8) is 0 Å². The zero-order chi connectivity index (χ0) is 19.6. The number of Topliss-reactive ketones (excluding diaryl/α,β-unsaturated/α-hetero) is 1. The number of hydrogen-bond donors (Lipinski definition) is 2. The van der Waals surface area contributed by atoms with Crippen LogP contribution in [-0.4, -0.2) is 17.4 Å². The molecule has 0 unspecified atom stereocenters. The van der Waals surface area contributed by atoms with Crippen LogP contribution in [0.3, 0.4) is 0 Å². The van der Waals surface area contributed by atoms with Gasteiger partial charge in [-0.05, 0) is 17.7 Å². The Morgan fingerprint density at radius 2 is 1.72 bits per heavy atom. The molecule has 2 N–H and O–H groups in total.